The molecule has 4 heteroatoms. The molecule has 0 saturated heterocycles. The zero-order valence-corrected chi connectivity index (χ0v) is 30.3. The van der Waals surface area contributed by atoms with Crippen molar-refractivity contribution in [3.05, 3.63) is 194 Å². The molecule has 260 valence electrons. The molecule has 2 aromatic heterocycles. The summed E-state index contributed by atoms with van der Waals surface area (Å²) < 4.78 is 0. The Kier molecular flexibility index (Phi) is 7.46. The van der Waals surface area contributed by atoms with Gasteiger partial charge in [-0.2, -0.15) is 0 Å². The average Bonchev–Trinajstić information content (AvgIpc) is 3.27. The van der Waals surface area contributed by atoms with E-state index < -0.39 is 0 Å². The van der Waals surface area contributed by atoms with Crippen LogP contribution in [-0.4, -0.2) is 19.9 Å². The quantitative estimate of drug-likeness (QED) is 0.167. The van der Waals surface area contributed by atoms with Gasteiger partial charge >= 0.3 is 0 Å². The number of hydrogen-bond donors (Lipinski definition) is 0. The van der Waals surface area contributed by atoms with Crippen molar-refractivity contribution >= 4 is 54.0 Å². The number of rotatable bonds is 5. The minimum absolute atomic E-state index is 0.582. The summed E-state index contributed by atoms with van der Waals surface area (Å²) in [6, 6.07) is 66.7. The molecular weight excluding hydrogens is 681 g/mol. The highest BCUT2D eigenvalue weighted by molar-refractivity contribution is 6.08. The Morgan fingerprint density at radius 1 is 0.268 bits per heavy atom. The maximum atomic E-state index is 5.26. The van der Waals surface area contributed by atoms with Gasteiger partial charge in [0, 0.05) is 28.3 Å². The van der Waals surface area contributed by atoms with Crippen LogP contribution in [0.5, 0.6) is 0 Å². The van der Waals surface area contributed by atoms with E-state index in [-0.39, 0.29) is 0 Å². The lowest BCUT2D eigenvalue weighted by Crippen LogP contribution is -2.01. The number of para-hydroxylation sites is 1. The number of pyridine rings is 1. The predicted molar refractivity (Wildman–Crippen MR) is 232 cm³/mol. The van der Waals surface area contributed by atoms with Crippen LogP contribution in [0.2, 0.25) is 0 Å². The monoisotopic (exact) mass is 712 g/mol. The van der Waals surface area contributed by atoms with Crippen molar-refractivity contribution in [2.45, 2.75) is 0 Å². The van der Waals surface area contributed by atoms with E-state index in [0.717, 1.165) is 49.8 Å². The number of aromatic nitrogens is 4. The first-order valence-corrected chi connectivity index (χ1v) is 18.9. The van der Waals surface area contributed by atoms with Crippen molar-refractivity contribution in [2.24, 2.45) is 0 Å². The highest BCUT2D eigenvalue weighted by atomic mass is 15.0. The molecule has 9 aromatic carbocycles. The SMILES string of the molecule is c1ccc(-c2nc(-c3cc(-c4cccc5cc6ccccc6cc45)cc(-c4cccc5cc6ccccc6cc45)c3)nc(-c3cccc4cccnc34)n2)cc1. The van der Waals surface area contributed by atoms with Gasteiger partial charge in [-0.1, -0.05) is 133 Å². The fraction of sp³-hybridized carbons (Fsp3) is 0. The fourth-order valence-electron chi connectivity index (χ4n) is 8.13. The van der Waals surface area contributed by atoms with Crippen molar-refractivity contribution < 1.29 is 0 Å². The summed E-state index contributed by atoms with van der Waals surface area (Å²) >= 11 is 0. The van der Waals surface area contributed by atoms with Gasteiger partial charge in [-0.25, -0.2) is 15.0 Å². The van der Waals surface area contributed by atoms with Crippen LogP contribution in [-0.2, 0) is 0 Å². The molecule has 2 heterocycles. The number of fused-ring (bicyclic) bond motifs is 5. The van der Waals surface area contributed by atoms with Gasteiger partial charge in [-0.3, -0.25) is 4.98 Å². The second kappa shape index (κ2) is 13.1. The first kappa shape index (κ1) is 31.9. The van der Waals surface area contributed by atoms with Gasteiger partial charge in [-0.05, 0) is 120 Å². The second-order valence-corrected chi connectivity index (χ2v) is 14.3. The van der Waals surface area contributed by atoms with Gasteiger partial charge in [0.05, 0.1) is 5.52 Å². The van der Waals surface area contributed by atoms with Gasteiger partial charge in [0.15, 0.2) is 17.5 Å². The van der Waals surface area contributed by atoms with Crippen LogP contribution >= 0.6 is 0 Å². The van der Waals surface area contributed by atoms with Crippen molar-refractivity contribution in [1.29, 1.82) is 0 Å². The standard InChI is InChI=1S/C52H32N4/c1-2-12-34(13-3-1)50-54-51(56-52(55-50)46-24-8-18-33-21-11-25-53-49(33)46)43-29-41(44-22-9-19-39-26-35-14-4-6-16-37(35)31-47(39)44)28-42(30-43)45-23-10-20-40-27-36-15-5-7-17-38(36)32-48(40)45/h1-32H. The molecule has 11 aromatic rings. The molecule has 0 unspecified atom stereocenters. The van der Waals surface area contributed by atoms with Crippen LogP contribution in [0.4, 0.5) is 0 Å². The largest absolute Gasteiger partial charge is 0.255 e. The minimum atomic E-state index is 0.582. The molecule has 0 radical (unpaired) electrons. The zero-order valence-electron chi connectivity index (χ0n) is 30.3. The van der Waals surface area contributed by atoms with Gasteiger partial charge in [0.1, 0.15) is 0 Å². The maximum Gasteiger partial charge on any atom is 0.166 e. The highest BCUT2D eigenvalue weighted by Gasteiger charge is 2.18. The Labute approximate surface area is 323 Å². The van der Waals surface area contributed by atoms with E-state index in [0.29, 0.717) is 17.5 Å². The molecule has 11 rings (SSSR count). The lowest BCUT2D eigenvalue weighted by Gasteiger charge is -2.15. The average molecular weight is 713 g/mol. The van der Waals surface area contributed by atoms with Gasteiger partial charge < -0.3 is 0 Å². The zero-order chi connectivity index (χ0) is 37.0. The van der Waals surface area contributed by atoms with E-state index in [4.69, 9.17) is 19.9 Å². The molecule has 0 spiro atoms. The van der Waals surface area contributed by atoms with Crippen molar-refractivity contribution in [3.63, 3.8) is 0 Å². The molecule has 4 nitrogen and oxygen atoms in total. The molecule has 56 heavy (non-hydrogen) atoms. The van der Waals surface area contributed by atoms with Gasteiger partial charge in [-0.15, -0.1) is 0 Å². The molecule has 0 bridgehead atoms. The summed E-state index contributed by atoms with van der Waals surface area (Å²) in [6.07, 6.45) is 1.82. The van der Waals surface area contributed by atoms with E-state index in [2.05, 4.69) is 140 Å². The Hall–Kier alpha value is -7.56. The van der Waals surface area contributed by atoms with Crippen molar-refractivity contribution in [2.75, 3.05) is 0 Å². The predicted octanol–water partition coefficient (Wildman–Crippen LogP) is 13.4. The fourth-order valence-corrected chi connectivity index (χ4v) is 8.13. The third-order valence-corrected chi connectivity index (χ3v) is 10.8. The number of hydrogen-bond acceptors (Lipinski definition) is 4. The molecule has 0 aliphatic heterocycles. The second-order valence-electron chi connectivity index (χ2n) is 14.3. The summed E-state index contributed by atoms with van der Waals surface area (Å²) in [4.78, 5) is 20.3. The third kappa shape index (κ3) is 5.55. The Balaban J connectivity index is 1.20. The Morgan fingerprint density at radius 3 is 1.32 bits per heavy atom. The van der Waals surface area contributed by atoms with Crippen LogP contribution in [0.15, 0.2) is 194 Å². The molecule has 0 saturated carbocycles. The third-order valence-electron chi connectivity index (χ3n) is 10.8. The minimum Gasteiger partial charge on any atom is -0.255 e. The summed E-state index contributed by atoms with van der Waals surface area (Å²) in [5.41, 5.74) is 8.02. The van der Waals surface area contributed by atoms with E-state index >= 15 is 0 Å². The van der Waals surface area contributed by atoms with E-state index in [1.165, 1.54) is 43.1 Å². The van der Waals surface area contributed by atoms with Gasteiger partial charge in [0.25, 0.3) is 0 Å². The first-order valence-electron chi connectivity index (χ1n) is 18.9. The summed E-state index contributed by atoms with van der Waals surface area (Å²) in [5.74, 6) is 1.79. The van der Waals surface area contributed by atoms with E-state index in [1.807, 2.05) is 54.7 Å². The molecular formula is C52H32N4. The number of benzene rings is 9. The molecule has 0 aliphatic carbocycles. The van der Waals surface area contributed by atoms with E-state index in [1.54, 1.807) is 0 Å². The van der Waals surface area contributed by atoms with Gasteiger partial charge in [0.2, 0.25) is 0 Å². The smallest absolute Gasteiger partial charge is 0.166 e. The molecule has 0 N–H and O–H groups in total. The highest BCUT2D eigenvalue weighted by Crippen LogP contribution is 2.40. The number of nitrogens with zero attached hydrogens (tertiary/aromatic N) is 4. The van der Waals surface area contributed by atoms with Crippen molar-refractivity contribution in [1.82, 2.24) is 19.9 Å². The van der Waals surface area contributed by atoms with Crippen LogP contribution in [0.3, 0.4) is 0 Å². The van der Waals surface area contributed by atoms with Crippen molar-refractivity contribution in [3.8, 4) is 56.4 Å². The molecule has 0 amide bonds. The van der Waals surface area contributed by atoms with Crippen LogP contribution in [0.1, 0.15) is 0 Å². The maximum absolute atomic E-state index is 5.26. The summed E-state index contributed by atoms with van der Waals surface area (Å²) in [6.45, 7) is 0. The molecule has 0 atom stereocenters. The molecule has 0 aliphatic rings. The van der Waals surface area contributed by atoms with E-state index in [9.17, 15) is 0 Å². The Morgan fingerprint density at radius 2 is 0.714 bits per heavy atom. The lowest BCUT2D eigenvalue weighted by atomic mass is 9.90. The lowest BCUT2D eigenvalue weighted by molar-refractivity contribution is 1.07. The summed E-state index contributed by atoms with van der Waals surface area (Å²) in [7, 11) is 0. The Bertz CT molecular complexity index is 3170. The summed E-state index contributed by atoms with van der Waals surface area (Å²) in [5, 5.41) is 10.7. The van der Waals surface area contributed by atoms with Crippen LogP contribution in [0, 0.1) is 0 Å². The topological polar surface area (TPSA) is 51.6 Å². The van der Waals surface area contributed by atoms with Crippen LogP contribution < -0.4 is 0 Å². The van der Waals surface area contributed by atoms with Crippen LogP contribution in [0.25, 0.3) is 110 Å². The molecule has 0 fully saturated rings. The first-order chi connectivity index (χ1) is 27.7. The normalized spacial score (nSPS) is 11.6.